The van der Waals surface area contributed by atoms with Crippen molar-refractivity contribution in [1.82, 2.24) is 24.5 Å². The summed E-state index contributed by atoms with van der Waals surface area (Å²) in [6, 6.07) is 5.52. The van der Waals surface area contributed by atoms with Crippen LogP contribution in [0.4, 0.5) is 4.79 Å². The standard InChI is InChI=1S/C30H40ClN5O5/c1-18-10-12-36(13-11-18)41-26-25(31)22-14-20(8-9-23(22)33-27(26)39-7)30(38,24-15-32-19(2)34(24)6)21-16-35(17-21)28(37)40-29(3,4)5/h8-9,14-15,18,21,38H,10-13,16-17H2,1-7H3. The number of aryl methyl sites for hydroxylation is 1. The van der Waals surface area contributed by atoms with E-state index in [1.54, 1.807) is 18.2 Å². The van der Waals surface area contributed by atoms with Crippen LogP contribution in [0, 0.1) is 18.8 Å². The van der Waals surface area contributed by atoms with E-state index in [-0.39, 0.29) is 5.92 Å². The van der Waals surface area contributed by atoms with Gasteiger partial charge in [0, 0.05) is 44.5 Å². The average Bonchev–Trinajstić information content (AvgIpc) is 3.22. The minimum atomic E-state index is -1.46. The maximum absolute atomic E-state index is 12.7. The first-order valence-corrected chi connectivity index (χ1v) is 14.5. The first-order chi connectivity index (χ1) is 19.3. The number of hydroxylamine groups is 2. The van der Waals surface area contributed by atoms with Gasteiger partial charge in [-0.1, -0.05) is 24.6 Å². The number of methoxy groups -OCH3 is 1. The highest BCUT2D eigenvalue weighted by molar-refractivity contribution is 6.37. The number of carbonyl (C=O) groups excluding carboxylic acids is 1. The van der Waals surface area contributed by atoms with E-state index in [0.29, 0.717) is 57.8 Å². The molecule has 1 amide bonds. The number of likely N-dealkylation sites (tertiary alicyclic amines) is 1. The number of carbonyl (C=O) groups is 1. The number of rotatable bonds is 6. The van der Waals surface area contributed by atoms with Crippen LogP contribution in [-0.4, -0.2) is 74.6 Å². The molecule has 4 heterocycles. The molecule has 2 aromatic heterocycles. The van der Waals surface area contributed by atoms with Crippen molar-refractivity contribution in [2.24, 2.45) is 18.9 Å². The number of pyridine rings is 1. The number of fused-ring (bicyclic) bond motifs is 1. The Hall–Kier alpha value is -3.08. The van der Waals surface area contributed by atoms with Gasteiger partial charge in [-0.25, -0.2) is 14.8 Å². The Labute approximate surface area is 246 Å². The smallest absolute Gasteiger partial charge is 0.410 e. The molecule has 222 valence electrons. The molecule has 1 atom stereocenters. The molecule has 0 bridgehead atoms. The maximum Gasteiger partial charge on any atom is 0.410 e. The summed E-state index contributed by atoms with van der Waals surface area (Å²) in [4.78, 5) is 29.7. The van der Waals surface area contributed by atoms with Crippen molar-refractivity contribution in [2.45, 2.75) is 58.7 Å². The van der Waals surface area contributed by atoms with Gasteiger partial charge in [0.2, 0.25) is 5.75 Å². The summed E-state index contributed by atoms with van der Waals surface area (Å²) in [6.07, 6.45) is 3.35. The molecule has 0 aliphatic carbocycles. The molecule has 2 fully saturated rings. The first-order valence-electron chi connectivity index (χ1n) is 14.1. The van der Waals surface area contributed by atoms with Gasteiger partial charge in [0.05, 0.1) is 24.5 Å². The highest BCUT2D eigenvalue weighted by atomic mass is 35.5. The van der Waals surface area contributed by atoms with E-state index in [4.69, 9.17) is 25.9 Å². The van der Waals surface area contributed by atoms with Gasteiger partial charge in [-0.3, -0.25) is 0 Å². The SMILES string of the molecule is COc1nc2ccc(C(O)(c3cnc(C)n3C)C3CN(C(=O)OC(C)(C)C)C3)cc2c(Cl)c1ON1CCC(C)CC1. The second kappa shape index (κ2) is 11.0. The van der Waals surface area contributed by atoms with Crippen LogP contribution >= 0.6 is 11.6 Å². The molecule has 0 spiro atoms. The minimum absolute atomic E-state index is 0.304. The zero-order valence-electron chi connectivity index (χ0n) is 24.9. The van der Waals surface area contributed by atoms with E-state index >= 15 is 0 Å². The zero-order valence-corrected chi connectivity index (χ0v) is 25.7. The molecule has 2 aliphatic heterocycles. The van der Waals surface area contributed by atoms with Crippen molar-refractivity contribution in [3.8, 4) is 11.6 Å². The van der Waals surface area contributed by atoms with Crippen LogP contribution in [0.5, 0.6) is 11.6 Å². The third kappa shape index (κ3) is 5.57. The van der Waals surface area contributed by atoms with Gasteiger partial charge in [0.15, 0.2) is 0 Å². The number of aromatic nitrogens is 3. The molecule has 1 N–H and O–H groups in total. The zero-order chi connectivity index (χ0) is 29.7. The van der Waals surface area contributed by atoms with Gasteiger partial charge in [0.1, 0.15) is 22.0 Å². The molecule has 10 nitrogen and oxygen atoms in total. The van der Waals surface area contributed by atoms with E-state index in [2.05, 4.69) is 16.9 Å². The molecular formula is C30H40ClN5O5. The number of hydrogen-bond donors (Lipinski definition) is 1. The predicted octanol–water partition coefficient (Wildman–Crippen LogP) is 5.07. The van der Waals surface area contributed by atoms with Crippen LogP contribution in [0.3, 0.4) is 0 Å². The third-order valence-electron chi connectivity index (χ3n) is 8.18. The van der Waals surface area contributed by atoms with E-state index in [1.807, 2.05) is 62.6 Å². The fourth-order valence-corrected chi connectivity index (χ4v) is 5.78. The van der Waals surface area contributed by atoms with Crippen molar-refractivity contribution < 1.29 is 24.2 Å². The normalized spacial score (nSPS) is 18.7. The van der Waals surface area contributed by atoms with Crippen LogP contribution in [0.15, 0.2) is 24.4 Å². The van der Waals surface area contributed by atoms with E-state index in [0.717, 1.165) is 31.8 Å². The molecular weight excluding hydrogens is 546 g/mol. The lowest BCUT2D eigenvalue weighted by molar-refractivity contribution is -0.0818. The lowest BCUT2D eigenvalue weighted by atomic mass is 9.74. The summed E-state index contributed by atoms with van der Waals surface area (Å²) in [5, 5.41) is 15.4. The number of piperidine rings is 1. The topological polar surface area (TPSA) is 102 Å². The average molecular weight is 586 g/mol. The molecule has 5 rings (SSSR count). The van der Waals surface area contributed by atoms with Crippen molar-refractivity contribution >= 4 is 28.6 Å². The number of ether oxygens (including phenoxy) is 2. The van der Waals surface area contributed by atoms with Gasteiger partial charge in [-0.05, 0) is 64.2 Å². The minimum Gasteiger partial charge on any atom is -0.478 e. The monoisotopic (exact) mass is 585 g/mol. The summed E-state index contributed by atoms with van der Waals surface area (Å²) in [5.74, 6) is 1.76. The Bertz CT molecular complexity index is 1440. The maximum atomic E-state index is 12.7. The van der Waals surface area contributed by atoms with Crippen molar-refractivity contribution in [3.63, 3.8) is 0 Å². The quantitative estimate of drug-likeness (QED) is 0.428. The third-order valence-corrected chi connectivity index (χ3v) is 8.56. The van der Waals surface area contributed by atoms with Gasteiger partial charge in [-0.15, -0.1) is 5.06 Å². The summed E-state index contributed by atoms with van der Waals surface area (Å²) in [7, 11) is 3.42. The number of imidazole rings is 1. The molecule has 3 aromatic rings. The Kier molecular flexibility index (Phi) is 7.86. The number of amides is 1. The van der Waals surface area contributed by atoms with E-state index in [9.17, 15) is 9.90 Å². The lowest BCUT2D eigenvalue weighted by Gasteiger charge is -2.48. The molecule has 0 radical (unpaired) electrons. The number of aliphatic hydroxyl groups is 1. The van der Waals surface area contributed by atoms with Gasteiger partial charge < -0.3 is 28.9 Å². The Balaban J connectivity index is 1.53. The summed E-state index contributed by atoms with van der Waals surface area (Å²) >= 11 is 6.99. The molecule has 2 aliphatic rings. The van der Waals surface area contributed by atoms with Crippen LogP contribution in [-0.2, 0) is 17.4 Å². The Morgan fingerprint density at radius 1 is 1.17 bits per heavy atom. The molecule has 41 heavy (non-hydrogen) atoms. The van der Waals surface area contributed by atoms with Gasteiger partial charge >= 0.3 is 6.09 Å². The molecule has 1 aromatic carbocycles. The fraction of sp³-hybridized carbons (Fsp3) is 0.567. The summed E-state index contributed by atoms with van der Waals surface area (Å²) in [6.45, 7) is 11.9. The van der Waals surface area contributed by atoms with Crippen molar-refractivity contribution in [2.75, 3.05) is 33.3 Å². The van der Waals surface area contributed by atoms with Crippen LogP contribution in [0.25, 0.3) is 10.9 Å². The van der Waals surface area contributed by atoms with E-state index in [1.165, 1.54) is 0 Å². The summed E-state index contributed by atoms with van der Waals surface area (Å²) < 4.78 is 13.0. The van der Waals surface area contributed by atoms with Crippen molar-refractivity contribution in [3.05, 3.63) is 46.5 Å². The number of hydrogen-bond acceptors (Lipinski definition) is 8. The lowest BCUT2D eigenvalue weighted by Crippen LogP contribution is -2.59. The molecule has 1 unspecified atom stereocenters. The van der Waals surface area contributed by atoms with Gasteiger partial charge in [0.25, 0.3) is 5.88 Å². The Morgan fingerprint density at radius 3 is 2.44 bits per heavy atom. The number of nitrogens with zero attached hydrogens (tertiary/aromatic N) is 5. The van der Waals surface area contributed by atoms with Crippen molar-refractivity contribution in [1.29, 1.82) is 0 Å². The Morgan fingerprint density at radius 2 is 1.85 bits per heavy atom. The molecule has 2 saturated heterocycles. The summed E-state index contributed by atoms with van der Waals surface area (Å²) in [5.41, 5.74) is -0.209. The van der Waals surface area contributed by atoms with Crippen LogP contribution in [0.1, 0.15) is 57.6 Å². The second-order valence-corrected chi connectivity index (χ2v) is 12.7. The highest BCUT2D eigenvalue weighted by Crippen LogP contribution is 2.45. The molecule has 11 heteroatoms. The largest absolute Gasteiger partial charge is 0.478 e. The first kappa shape index (κ1) is 29.4. The van der Waals surface area contributed by atoms with E-state index < -0.39 is 17.3 Å². The second-order valence-electron chi connectivity index (χ2n) is 12.3. The fourth-order valence-electron chi connectivity index (χ4n) is 5.51. The molecule has 0 saturated carbocycles. The van der Waals surface area contributed by atoms with Crippen LogP contribution < -0.4 is 9.57 Å². The predicted molar refractivity (Wildman–Crippen MR) is 156 cm³/mol. The highest BCUT2D eigenvalue weighted by Gasteiger charge is 2.50. The number of halogens is 1. The number of benzene rings is 1. The van der Waals surface area contributed by atoms with Crippen LogP contribution in [0.2, 0.25) is 5.02 Å². The van der Waals surface area contributed by atoms with Gasteiger partial charge in [-0.2, -0.15) is 0 Å².